The summed E-state index contributed by atoms with van der Waals surface area (Å²) in [5.41, 5.74) is 5.69. The third-order valence-corrected chi connectivity index (χ3v) is 6.09. The van der Waals surface area contributed by atoms with Gasteiger partial charge in [0.25, 0.3) is 0 Å². The van der Waals surface area contributed by atoms with Crippen molar-refractivity contribution in [2.24, 2.45) is 0 Å². The van der Waals surface area contributed by atoms with Crippen molar-refractivity contribution in [1.29, 1.82) is 0 Å². The first-order valence-electron chi connectivity index (χ1n) is 12.3. The van der Waals surface area contributed by atoms with Crippen LogP contribution in [0.5, 0.6) is 0 Å². The predicted octanol–water partition coefficient (Wildman–Crippen LogP) is 6.96. The molecule has 0 fully saturated rings. The molecule has 1 aromatic carbocycles. The Balaban J connectivity index is 2.60. The Morgan fingerprint density at radius 2 is 1.34 bits per heavy atom. The van der Waals surface area contributed by atoms with Gasteiger partial charge in [0.2, 0.25) is 0 Å². The lowest BCUT2D eigenvalue weighted by molar-refractivity contribution is -0.910. The number of quaternary nitrogens is 1. The van der Waals surface area contributed by atoms with Crippen molar-refractivity contribution in [3.8, 4) is 0 Å². The number of hydrogen-bond acceptors (Lipinski definition) is 2. The number of rotatable bonds is 18. The number of unbranched alkanes of at least 4 members (excludes halogenated alkanes) is 6. The maximum Gasteiger partial charge on any atom is 0.104 e. The molecule has 0 aliphatic rings. The van der Waals surface area contributed by atoms with Gasteiger partial charge in [-0.05, 0) is 51.0 Å². The second-order valence-corrected chi connectivity index (χ2v) is 9.07. The Labute approximate surface area is 181 Å². The molecule has 0 aliphatic carbocycles. The summed E-state index contributed by atoms with van der Waals surface area (Å²) in [5, 5.41) is 0. The van der Waals surface area contributed by atoms with Crippen molar-refractivity contribution in [3.05, 3.63) is 35.4 Å². The Kier molecular flexibility index (Phi) is 14.3. The van der Waals surface area contributed by atoms with Crippen molar-refractivity contribution < 1.29 is 9.32 Å². The van der Waals surface area contributed by atoms with Gasteiger partial charge in [-0.1, -0.05) is 76.3 Å². The van der Waals surface area contributed by atoms with Gasteiger partial charge in [0.15, 0.2) is 0 Å². The molecule has 0 saturated heterocycles. The fourth-order valence-electron chi connectivity index (χ4n) is 4.09. The molecule has 3 heteroatoms. The lowest BCUT2D eigenvalue weighted by atomic mass is 10.0. The molecule has 0 bridgehead atoms. The van der Waals surface area contributed by atoms with Gasteiger partial charge in [0.1, 0.15) is 6.10 Å². The van der Waals surface area contributed by atoms with E-state index in [4.69, 9.17) is 4.84 Å². The molecule has 1 N–H and O–H groups in total. The molecule has 1 aromatic rings. The highest BCUT2D eigenvalue weighted by molar-refractivity contribution is 5.23. The Morgan fingerprint density at radius 3 is 1.86 bits per heavy atom. The van der Waals surface area contributed by atoms with E-state index in [1.165, 1.54) is 93.0 Å². The van der Waals surface area contributed by atoms with Crippen LogP contribution >= 0.6 is 0 Å². The molecule has 0 aromatic heterocycles. The average molecular weight is 406 g/mol. The zero-order chi connectivity index (χ0) is 21.4. The second kappa shape index (κ2) is 15.9. The summed E-state index contributed by atoms with van der Waals surface area (Å²) in [6.07, 6.45) is 13.3. The molecule has 0 spiro atoms. The average Bonchev–Trinajstić information content (AvgIpc) is 2.72. The monoisotopic (exact) mass is 405 g/mol. The van der Waals surface area contributed by atoms with E-state index in [1.807, 2.05) is 0 Å². The zero-order valence-corrected chi connectivity index (χ0v) is 20.1. The van der Waals surface area contributed by atoms with Crippen molar-refractivity contribution in [1.82, 2.24) is 5.48 Å². The minimum atomic E-state index is 0.143. The van der Waals surface area contributed by atoms with E-state index < -0.39 is 0 Å². The molecule has 0 radical (unpaired) electrons. The first-order chi connectivity index (χ1) is 14.0. The largest absolute Gasteiger partial charge is 0.326 e. The summed E-state index contributed by atoms with van der Waals surface area (Å²) in [5.74, 6) is 0. The van der Waals surface area contributed by atoms with Gasteiger partial charge >= 0.3 is 0 Å². The minimum Gasteiger partial charge on any atom is -0.326 e. The Morgan fingerprint density at radius 1 is 0.793 bits per heavy atom. The molecule has 0 amide bonds. The van der Waals surface area contributed by atoms with Gasteiger partial charge in [0, 0.05) is 6.54 Å². The molecule has 0 aliphatic heterocycles. The summed E-state index contributed by atoms with van der Waals surface area (Å²) < 4.78 is 1.23. The highest BCUT2D eigenvalue weighted by Crippen LogP contribution is 2.24. The van der Waals surface area contributed by atoms with E-state index >= 15 is 0 Å². The standard InChI is InChI=1S/C26H49N2O/c1-6-9-11-13-21-28(5,22-14-12-10-7-2)23-15-16-26(29-27-8-3)25-19-17-24(4)18-20-25/h17-20,26-27H,6-16,21-23H2,1-5H3/q+1. The van der Waals surface area contributed by atoms with Gasteiger partial charge in [-0.3, -0.25) is 4.84 Å². The molecule has 1 atom stereocenters. The predicted molar refractivity (Wildman–Crippen MR) is 127 cm³/mol. The topological polar surface area (TPSA) is 21.3 Å². The maximum absolute atomic E-state index is 6.00. The summed E-state index contributed by atoms with van der Waals surface area (Å²) in [6, 6.07) is 8.83. The number of nitrogens with one attached hydrogen (secondary N) is 1. The smallest absolute Gasteiger partial charge is 0.104 e. The molecule has 0 saturated carbocycles. The lowest BCUT2D eigenvalue weighted by Crippen LogP contribution is -2.46. The summed E-state index contributed by atoms with van der Waals surface area (Å²) >= 11 is 0. The number of hydroxylamine groups is 1. The van der Waals surface area contributed by atoms with Crippen LogP contribution < -0.4 is 5.48 Å². The molecular formula is C26H49N2O+. The van der Waals surface area contributed by atoms with Gasteiger partial charge in [-0.2, -0.15) is 0 Å². The van der Waals surface area contributed by atoms with E-state index in [1.54, 1.807) is 0 Å². The van der Waals surface area contributed by atoms with Crippen LogP contribution in [-0.2, 0) is 4.84 Å². The lowest BCUT2D eigenvalue weighted by Gasteiger charge is -2.35. The highest BCUT2D eigenvalue weighted by atomic mass is 16.7. The van der Waals surface area contributed by atoms with Crippen LogP contribution in [-0.4, -0.2) is 37.7 Å². The summed E-state index contributed by atoms with van der Waals surface area (Å²) in [4.78, 5) is 6.00. The molecule has 29 heavy (non-hydrogen) atoms. The van der Waals surface area contributed by atoms with Crippen molar-refractivity contribution in [2.75, 3.05) is 33.2 Å². The molecule has 0 heterocycles. The molecule has 168 valence electrons. The van der Waals surface area contributed by atoms with Gasteiger partial charge in [-0.25, -0.2) is 5.48 Å². The normalized spacial score (nSPS) is 13.0. The van der Waals surface area contributed by atoms with Crippen molar-refractivity contribution in [2.45, 2.75) is 98.0 Å². The van der Waals surface area contributed by atoms with Crippen LogP contribution in [0.4, 0.5) is 0 Å². The second-order valence-electron chi connectivity index (χ2n) is 9.07. The first kappa shape index (κ1) is 26.1. The van der Waals surface area contributed by atoms with E-state index in [-0.39, 0.29) is 6.10 Å². The Bertz CT molecular complexity index is 488. The maximum atomic E-state index is 6.00. The van der Waals surface area contributed by atoms with Gasteiger partial charge in [0.05, 0.1) is 26.7 Å². The fourth-order valence-corrected chi connectivity index (χ4v) is 4.09. The van der Waals surface area contributed by atoms with E-state index in [0.29, 0.717) is 0 Å². The van der Waals surface area contributed by atoms with Crippen molar-refractivity contribution in [3.63, 3.8) is 0 Å². The third-order valence-electron chi connectivity index (χ3n) is 6.09. The highest BCUT2D eigenvalue weighted by Gasteiger charge is 2.22. The fraction of sp³-hybridized carbons (Fsp3) is 0.769. The van der Waals surface area contributed by atoms with Crippen LogP contribution in [0.1, 0.15) is 102 Å². The van der Waals surface area contributed by atoms with E-state index in [2.05, 4.69) is 64.5 Å². The molecule has 1 rings (SSSR count). The summed E-state index contributed by atoms with van der Waals surface area (Å²) in [7, 11) is 2.49. The Hall–Kier alpha value is -0.900. The SMILES string of the molecule is CCCCCC[N+](C)(CCCCCC)CCCC(ONCC)c1ccc(C)cc1. The van der Waals surface area contributed by atoms with Gasteiger partial charge < -0.3 is 4.48 Å². The number of aryl methyl sites for hydroxylation is 1. The molecule has 1 unspecified atom stereocenters. The first-order valence-corrected chi connectivity index (χ1v) is 12.3. The molecular weight excluding hydrogens is 356 g/mol. The zero-order valence-electron chi connectivity index (χ0n) is 20.1. The quantitative estimate of drug-likeness (QED) is 0.162. The van der Waals surface area contributed by atoms with Crippen LogP contribution in [0.15, 0.2) is 24.3 Å². The van der Waals surface area contributed by atoms with Crippen LogP contribution in [0.25, 0.3) is 0 Å². The number of hydrogen-bond donors (Lipinski definition) is 1. The number of nitrogens with zero attached hydrogens (tertiary/aromatic N) is 1. The van der Waals surface area contributed by atoms with Crippen LogP contribution in [0, 0.1) is 6.92 Å². The van der Waals surface area contributed by atoms with Gasteiger partial charge in [-0.15, -0.1) is 0 Å². The third kappa shape index (κ3) is 11.8. The van der Waals surface area contributed by atoms with Crippen LogP contribution in [0.2, 0.25) is 0 Å². The van der Waals surface area contributed by atoms with Crippen molar-refractivity contribution >= 4 is 0 Å². The molecule has 3 nitrogen and oxygen atoms in total. The summed E-state index contributed by atoms with van der Waals surface area (Å²) in [6.45, 7) is 13.6. The van der Waals surface area contributed by atoms with E-state index in [9.17, 15) is 0 Å². The minimum absolute atomic E-state index is 0.143. The number of benzene rings is 1. The van der Waals surface area contributed by atoms with Crippen LogP contribution in [0.3, 0.4) is 0 Å². The van der Waals surface area contributed by atoms with E-state index in [0.717, 1.165) is 13.0 Å².